The molecule has 0 unspecified atom stereocenters. The van der Waals surface area contributed by atoms with Gasteiger partial charge in [0, 0.05) is 0 Å². The van der Waals surface area contributed by atoms with Crippen molar-refractivity contribution >= 4 is 11.8 Å². The summed E-state index contributed by atoms with van der Waals surface area (Å²) >= 11 is 0. The molecule has 0 saturated heterocycles. The molecule has 0 radical (unpaired) electrons. The second-order valence-corrected chi connectivity index (χ2v) is 4.10. The van der Waals surface area contributed by atoms with Crippen LogP contribution in [0.2, 0.25) is 0 Å². The fourth-order valence-corrected chi connectivity index (χ4v) is 1.76. The summed E-state index contributed by atoms with van der Waals surface area (Å²) in [6.45, 7) is 3.28. The molecule has 1 heterocycles. The number of imidazole rings is 1. The summed E-state index contributed by atoms with van der Waals surface area (Å²) in [5.74, 6) is -2.47. The van der Waals surface area contributed by atoms with Gasteiger partial charge in [-0.2, -0.15) is 0 Å². The number of halogens is 2. The molecule has 106 valence electrons. The van der Waals surface area contributed by atoms with Gasteiger partial charge >= 0.3 is 5.97 Å². The Morgan fingerprint density at radius 1 is 1.45 bits per heavy atom. The van der Waals surface area contributed by atoms with E-state index in [9.17, 15) is 13.6 Å². The first-order valence-corrected chi connectivity index (χ1v) is 5.92. The van der Waals surface area contributed by atoms with E-state index in [1.165, 1.54) is 13.0 Å². The average Bonchev–Trinajstić information content (AvgIpc) is 2.77. The van der Waals surface area contributed by atoms with E-state index in [-0.39, 0.29) is 29.4 Å². The van der Waals surface area contributed by atoms with Gasteiger partial charge in [0.15, 0.2) is 11.5 Å². The van der Waals surface area contributed by atoms with Crippen molar-refractivity contribution in [1.82, 2.24) is 9.55 Å². The maximum absolute atomic E-state index is 14.0. The average molecular weight is 281 g/mol. The number of hydrogen-bond acceptors (Lipinski definition) is 4. The number of carbonyl (C=O) groups excluding carboxylic acids is 1. The highest BCUT2D eigenvalue weighted by atomic mass is 19.1. The monoisotopic (exact) mass is 281 g/mol. The third-order valence-corrected chi connectivity index (χ3v) is 2.77. The van der Waals surface area contributed by atoms with Crippen molar-refractivity contribution in [3.63, 3.8) is 0 Å². The largest absolute Gasteiger partial charge is 0.461 e. The predicted molar refractivity (Wildman–Crippen MR) is 68.6 cm³/mol. The van der Waals surface area contributed by atoms with Crippen LogP contribution in [0.25, 0.3) is 5.69 Å². The molecule has 0 amide bonds. The molecule has 2 aromatic rings. The van der Waals surface area contributed by atoms with Gasteiger partial charge < -0.3 is 10.5 Å². The highest BCUT2D eigenvalue weighted by Gasteiger charge is 2.21. The van der Waals surface area contributed by atoms with E-state index < -0.39 is 17.6 Å². The number of nitrogens with two attached hydrogens (primary N) is 1. The lowest BCUT2D eigenvalue weighted by atomic mass is 10.2. The Morgan fingerprint density at radius 2 is 2.15 bits per heavy atom. The van der Waals surface area contributed by atoms with Gasteiger partial charge in [0.05, 0.1) is 6.61 Å². The van der Waals surface area contributed by atoms with Gasteiger partial charge in [-0.25, -0.2) is 18.6 Å². The molecule has 2 N–H and O–H groups in total. The zero-order valence-corrected chi connectivity index (χ0v) is 11.0. The second kappa shape index (κ2) is 5.28. The van der Waals surface area contributed by atoms with E-state index in [2.05, 4.69) is 4.98 Å². The molecule has 1 aromatic carbocycles. The third-order valence-electron chi connectivity index (χ3n) is 2.77. The number of esters is 1. The molecule has 2 rings (SSSR count). The topological polar surface area (TPSA) is 70.1 Å². The fraction of sp³-hybridized carbons (Fsp3) is 0.231. The number of aromatic nitrogens is 2. The van der Waals surface area contributed by atoms with Crippen LogP contribution in [-0.4, -0.2) is 22.1 Å². The molecule has 0 atom stereocenters. The van der Waals surface area contributed by atoms with E-state index in [0.29, 0.717) is 0 Å². The quantitative estimate of drug-likeness (QED) is 0.876. The van der Waals surface area contributed by atoms with Crippen LogP contribution in [0, 0.1) is 18.6 Å². The van der Waals surface area contributed by atoms with Crippen molar-refractivity contribution in [3.8, 4) is 5.69 Å². The Kier molecular flexibility index (Phi) is 3.69. The highest BCUT2D eigenvalue weighted by Crippen LogP contribution is 2.24. The summed E-state index contributed by atoms with van der Waals surface area (Å²) in [4.78, 5) is 15.3. The van der Waals surface area contributed by atoms with E-state index >= 15 is 0 Å². The van der Waals surface area contributed by atoms with Crippen LogP contribution in [0.15, 0.2) is 18.5 Å². The predicted octanol–water partition coefficient (Wildman–Crippen LogP) is 2.22. The summed E-state index contributed by atoms with van der Waals surface area (Å²) in [6, 6.07) is 2.44. The maximum Gasteiger partial charge on any atom is 0.360 e. The van der Waals surface area contributed by atoms with E-state index in [0.717, 1.165) is 17.0 Å². The van der Waals surface area contributed by atoms with Crippen LogP contribution in [0.1, 0.15) is 23.0 Å². The third kappa shape index (κ3) is 2.22. The maximum atomic E-state index is 14.0. The molecular weight excluding hydrogens is 268 g/mol. The second-order valence-electron chi connectivity index (χ2n) is 4.10. The SMILES string of the molecule is CCOC(=O)c1ncn(-c2c(F)ccc(C)c2F)c1N. The number of carbonyl (C=O) groups is 1. The molecule has 0 aliphatic rings. The van der Waals surface area contributed by atoms with E-state index in [4.69, 9.17) is 10.5 Å². The number of hydrogen-bond donors (Lipinski definition) is 1. The lowest BCUT2D eigenvalue weighted by Gasteiger charge is -2.09. The molecule has 20 heavy (non-hydrogen) atoms. The summed E-state index contributed by atoms with van der Waals surface area (Å²) < 4.78 is 33.6. The smallest absolute Gasteiger partial charge is 0.360 e. The van der Waals surface area contributed by atoms with Crippen LogP contribution in [0.5, 0.6) is 0 Å². The van der Waals surface area contributed by atoms with Crippen LogP contribution in [-0.2, 0) is 4.74 Å². The Morgan fingerprint density at radius 3 is 2.80 bits per heavy atom. The van der Waals surface area contributed by atoms with Crippen LogP contribution in [0.4, 0.5) is 14.6 Å². The molecule has 0 saturated carbocycles. The minimum Gasteiger partial charge on any atom is -0.461 e. The van der Waals surface area contributed by atoms with Gasteiger partial charge in [0.25, 0.3) is 0 Å². The Labute approximate surface area is 114 Å². The molecule has 1 aromatic heterocycles. The van der Waals surface area contributed by atoms with Gasteiger partial charge in [0.2, 0.25) is 0 Å². The first kappa shape index (κ1) is 14.0. The lowest BCUT2D eigenvalue weighted by Crippen LogP contribution is -2.11. The molecule has 0 aliphatic heterocycles. The van der Waals surface area contributed by atoms with Crippen molar-refractivity contribution in [2.75, 3.05) is 12.3 Å². The lowest BCUT2D eigenvalue weighted by molar-refractivity contribution is 0.0521. The van der Waals surface area contributed by atoms with Crippen molar-refractivity contribution in [2.24, 2.45) is 0 Å². The first-order chi connectivity index (χ1) is 9.47. The van der Waals surface area contributed by atoms with Crippen LogP contribution in [0.3, 0.4) is 0 Å². The molecular formula is C13H13F2N3O2. The molecule has 0 bridgehead atoms. The van der Waals surface area contributed by atoms with Gasteiger partial charge in [-0.15, -0.1) is 0 Å². The minimum absolute atomic E-state index is 0.151. The standard InChI is InChI=1S/C13H13F2N3O2/c1-3-20-13(19)10-12(16)18(6-17-10)11-8(14)5-4-7(2)9(11)15/h4-6H,3,16H2,1-2H3. The van der Waals surface area contributed by atoms with Gasteiger partial charge in [-0.1, -0.05) is 6.07 Å². The molecule has 0 aliphatic carbocycles. The zero-order chi connectivity index (χ0) is 14.9. The molecule has 0 fully saturated rings. The van der Waals surface area contributed by atoms with Crippen molar-refractivity contribution in [2.45, 2.75) is 13.8 Å². The summed E-state index contributed by atoms with van der Waals surface area (Å²) in [5, 5.41) is 0. The normalized spacial score (nSPS) is 10.6. The minimum atomic E-state index is -0.799. The molecule has 5 nitrogen and oxygen atoms in total. The van der Waals surface area contributed by atoms with Crippen molar-refractivity contribution in [1.29, 1.82) is 0 Å². The first-order valence-electron chi connectivity index (χ1n) is 5.92. The number of ether oxygens (including phenoxy) is 1. The molecule has 7 heteroatoms. The Hall–Kier alpha value is -2.44. The fourth-order valence-electron chi connectivity index (χ4n) is 1.76. The van der Waals surface area contributed by atoms with Crippen LogP contribution < -0.4 is 5.73 Å². The number of nitrogen functional groups attached to an aromatic ring is 1. The Balaban J connectivity index is 2.56. The Bertz CT molecular complexity index is 668. The number of benzene rings is 1. The van der Waals surface area contributed by atoms with Crippen molar-refractivity contribution in [3.05, 3.63) is 41.4 Å². The number of anilines is 1. The number of nitrogens with zero attached hydrogens (tertiary/aromatic N) is 2. The summed E-state index contributed by atoms with van der Waals surface area (Å²) in [5.41, 5.74) is 5.43. The number of rotatable bonds is 3. The van der Waals surface area contributed by atoms with E-state index in [1.54, 1.807) is 6.92 Å². The van der Waals surface area contributed by atoms with Gasteiger partial charge in [-0.3, -0.25) is 4.57 Å². The van der Waals surface area contributed by atoms with E-state index in [1.807, 2.05) is 0 Å². The highest BCUT2D eigenvalue weighted by molar-refractivity contribution is 5.92. The molecule has 0 spiro atoms. The number of aryl methyl sites for hydroxylation is 1. The summed E-state index contributed by atoms with van der Waals surface area (Å²) in [6.07, 6.45) is 1.09. The summed E-state index contributed by atoms with van der Waals surface area (Å²) in [7, 11) is 0. The van der Waals surface area contributed by atoms with Gasteiger partial charge in [0.1, 0.15) is 23.6 Å². The van der Waals surface area contributed by atoms with Gasteiger partial charge in [-0.05, 0) is 25.5 Å². The van der Waals surface area contributed by atoms with Crippen molar-refractivity contribution < 1.29 is 18.3 Å². The van der Waals surface area contributed by atoms with Crippen LogP contribution >= 0.6 is 0 Å². The zero-order valence-electron chi connectivity index (χ0n) is 11.0.